The summed E-state index contributed by atoms with van der Waals surface area (Å²) < 4.78 is 86.9. The molecule has 0 bridgehead atoms. The molecule has 0 aromatic carbocycles. The van der Waals surface area contributed by atoms with E-state index in [4.69, 9.17) is 66.3 Å². The van der Waals surface area contributed by atoms with Gasteiger partial charge in [0.25, 0.3) is 0 Å². The van der Waals surface area contributed by atoms with E-state index < -0.39 is 216 Å². The first kappa shape index (κ1) is 70.7. The second-order valence-corrected chi connectivity index (χ2v) is 29.5. The van der Waals surface area contributed by atoms with Crippen LogP contribution in [0.4, 0.5) is 0 Å². The number of rotatable bonds is 15. The molecule has 41 atom stereocenters. The van der Waals surface area contributed by atoms with Crippen LogP contribution in [0.25, 0.3) is 0 Å². The maximum Gasteiger partial charge on any atom is 0.187 e. The smallest absolute Gasteiger partial charge is 0.187 e. The monoisotopic (exact) mass is 1330 g/mol. The summed E-state index contributed by atoms with van der Waals surface area (Å²) in [6, 6.07) is 0. The Labute approximate surface area is 533 Å². The highest BCUT2D eigenvalue weighted by atomic mass is 16.8. The van der Waals surface area contributed by atoms with Crippen molar-refractivity contribution in [1.29, 1.82) is 0 Å². The van der Waals surface area contributed by atoms with Crippen LogP contribution in [0, 0.1) is 52.3 Å². The Hall–Kier alpha value is -1.20. The lowest BCUT2D eigenvalue weighted by Crippen LogP contribution is -2.69. The van der Waals surface area contributed by atoms with Gasteiger partial charge in [0.05, 0.1) is 57.5 Å². The summed E-state index contributed by atoms with van der Waals surface area (Å²) in [4.78, 5) is 0. The van der Waals surface area contributed by atoms with Gasteiger partial charge in [0.15, 0.2) is 43.5 Å². The maximum atomic E-state index is 12.3. The van der Waals surface area contributed by atoms with Crippen LogP contribution < -0.4 is 0 Å². The van der Waals surface area contributed by atoms with Gasteiger partial charge in [-0.25, -0.2) is 0 Å². The molecule has 12 fully saturated rings. The lowest BCUT2D eigenvalue weighted by Gasteiger charge is -2.61. The van der Waals surface area contributed by atoms with Crippen molar-refractivity contribution in [3.63, 3.8) is 0 Å². The van der Waals surface area contributed by atoms with E-state index in [0.717, 1.165) is 51.4 Å². The van der Waals surface area contributed by atoms with Crippen molar-refractivity contribution in [3.05, 3.63) is 0 Å². The second-order valence-electron chi connectivity index (χ2n) is 29.5. The molecule has 30 heteroatoms. The SMILES string of the molecule is C[C@@H]1CC[C@@]2(OC1)O[C@@H]1C[C@H]3[C@@H]4CC[C@H]5C[C@H](O[C@H]6O[C@@H](CO)[C@H](O)[C@@H](O[C@H]7O[C@@H](CO)[C@H](O)[C@@H](O[C@H]8O[C@@H](CO)[C@H](O)[C@@H](O)[C@@H]8O[C@H]8O[C@@H](C)[C@H](O)[C@@H](O)[C@@H]8O)[C@@H]7O)[C@@H]6O[C@H]6O[C@@H](C)[C@H](O[C@H]7OC[C@H](O)[C@@H](O)[C@@H]7O)[C@@H](O)[C@@H]6O)CC[C@@]5(C)[C@H]4CC[C@@]3(C)[C@@H]1[C@H]2C. The zero-order chi connectivity index (χ0) is 65.9. The Morgan fingerprint density at radius 2 is 0.967 bits per heavy atom. The lowest BCUT2D eigenvalue weighted by molar-refractivity contribution is -0.409. The van der Waals surface area contributed by atoms with Gasteiger partial charge in [-0.05, 0) is 118 Å². The quantitative estimate of drug-likeness (QED) is 0.0687. The number of ether oxygens (including phenoxy) is 14. The predicted molar refractivity (Wildman–Crippen MR) is 305 cm³/mol. The fourth-order valence-electron chi connectivity index (χ4n) is 18.7. The van der Waals surface area contributed by atoms with Crippen LogP contribution in [0.15, 0.2) is 0 Å². The summed E-state index contributed by atoms with van der Waals surface area (Å²) in [5, 5.41) is 177. The Kier molecular flexibility index (Phi) is 21.3. The minimum absolute atomic E-state index is 0.0550. The first-order chi connectivity index (χ1) is 43.7. The highest BCUT2D eigenvalue weighted by Gasteiger charge is 2.70. The Balaban J connectivity index is 0.795. The van der Waals surface area contributed by atoms with E-state index in [0.29, 0.717) is 49.0 Å². The molecule has 30 nitrogen and oxygen atoms in total. The minimum atomic E-state index is -2.19. The molecule has 12 rings (SSSR count). The van der Waals surface area contributed by atoms with Gasteiger partial charge in [0.2, 0.25) is 0 Å². The molecule has 0 unspecified atom stereocenters. The van der Waals surface area contributed by atoms with E-state index in [1.54, 1.807) is 0 Å². The number of aliphatic hydroxyl groups is 16. The van der Waals surface area contributed by atoms with Crippen molar-refractivity contribution in [1.82, 2.24) is 0 Å². The van der Waals surface area contributed by atoms with Gasteiger partial charge in [-0.15, -0.1) is 0 Å². The van der Waals surface area contributed by atoms with Crippen molar-refractivity contribution in [3.8, 4) is 0 Å². The van der Waals surface area contributed by atoms with E-state index in [1.807, 2.05) is 0 Å². The molecular weight excluding hydrogens is 1220 g/mol. The average molecular weight is 1330 g/mol. The molecule has 0 radical (unpaired) electrons. The largest absolute Gasteiger partial charge is 0.394 e. The zero-order valence-electron chi connectivity index (χ0n) is 52.9. The number of hydrogen-bond acceptors (Lipinski definition) is 30. The van der Waals surface area contributed by atoms with Gasteiger partial charge < -0.3 is 148 Å². The van der Waals surface area contributed by atoms with Crippen molar-refractivity contribution in [2.75, 3.05) is 33.0 Å². The Bertz CT molecular complexity index is 2430. The van der Waals surface area contributed by atoms with Crippen molar-refractivity contribution >= 4 is 0 Å². The second kappa shape index (κ2) is 27.7. The molecule has 12 aliphatic rings. The summed E-state index contributed by atoms with van der Waals surface area (Å²) in [5.74, 6) is 2.33. The van der Waals surface area contributed by atoms with Crippen LogP contribution in [0.1, 0.15) is 106 Å². The zero-order valence-corrected chi connectivity index (χ0v) is 52.9. The van der Waals surface area contributed by atoms with Crippen LogP contribution in [-0.2, 0) is 66.3 Å². The summed E-state index contributed by atoms with van der Waals surface area (Å²) >= 11 is 0. The van der Waals surface area contributed by atoms with Crippen molar-refractivity contribution in [2.45, 2.75) is 302 Å². The van der Waals surface area contributed by atoms with Crippen LogP contribution >= 0.6 is 0 Å². The van der Waals surface area contributed by atoms with E-state index in [1.165, 1.54) is 13.8 Å². The number of hydrogen-bond donors (Lipinski definition) is 16. The molecule has 1 spiro atoms. The first-order valence-corrected chi connectivity index (χ1v) is 33.5. The van der Waals surface area contributed by atoms with E-state index >= 15 is 0 Å². The standard InChI is InChI=1S/C62H102O30/c1-22-9-14-62(80-20-22)23(2)36-32(92-62)16-30-28-8-7-26-15-27(10-12-60(26,5)29(28)11-13-61(30,36)6)83-59-53(91-56-47(77)44(74)49(25(4)82-56)87-54-45(75)38(68)31(66)21-79-54)51(41(71)35(19-65)86-59)89-57-48(78)50(40(70)34(18-64)84-57)88-58-52(43(73)39(69)33(17-63)85-58)90-55-46(76)42(72)37(67)24(3)81-55/h22-59,63-78H,7-21H2,1-6H3/t22-,23-,24+,25+,26+,27-,28-,29+,30+,31+,32-,33+,34+,35+,36-,37+,38-,39+,40+,41+,42-,43-,44+,45+,46+,47+,48+,49+,50-,51-,52+,53+,54-,55-,56-,57-,58-,59+,60-,61-,62-/m1/s1. The lowest BCUT2D eigenvalue weighted by atomic mass is 9.44. The van der Waals surface area contributed by atoms with Gasteiger partial charge in [-0.3, -0.25) is 0 Å². The summed E-state index contributed by atoms with van der Waals surface area (Å²) in [5.41, 5.74) is 0.0565. The molecule has 0 amide bonds. The molecule has 16 N–H and O–H groups in total. The van der Waals surface area contributed by atoms with Gasteiger partial charge in [-0.2, -0.15) is 0 Å². The third-order valence-electron chi connectivity index (χ3n) is 24.2. The minimum Gasteiger partial charge on any atom is -0.394 e. The molecule has 0 aromatic rings. The maximum absolute atomic E-state index is 12.3. The molecule has 8 aliphatic heterocycles. The molecule has 4 aliphatic carbocycles. The molecule has 0 aromatic heterocycles. The highest BCUT2D eigenvalue weighted by molar-refractivity contribution is 5.16. The first-order valence-electron chi connectivity index (χ1n) is 33.5. The van der Waals surface area contributed by atoms with Gasteiger partial charge in [-0.1, -0.05) is 27.7 Å². The highest BCUT2D eigenvalue weighted by Crippen LogP contribution is 2.71. The van der Waals surface area contributed by atoms with Gasteiger partial charge >= 0.3 is 0 Å². The van der Waals surface area contributed by atoms with Crippen LogP contribution in [-0.4, -0.2) is 311 Å². The van der Waals surface area contributed by atoms with Crippen molar-refractivity contribution < 1.29 is 148 Å². The summed E-state index contributed by atoms with van der Waals surface area (Å²) in [7, 11) is 0. The number of fused-ring (bicyclic) bond motifs is 7. The third kappa shape index (κ3) is 12.5. The molecule has 8 saturated heterocycles. The molecule has 530 valence electrons. The topological polar surface area (TPSA) is 453 Å². The van der Waals surface area contributed by atoms with Crippen LogP contribution in [0.3, 0.4) is 0 Å². The van der Waals surface area contributed by atoms with Gasteiger partial charge in [0, 0.05) is 12.3 Å². The average Bonchev–Trinajstić information content (AvgIpc) is 1.51. The van der Waals surface area contributed by atoms with Gasteiger partial charge in [0.1, 0.15) is 128 Å². The van der Waals surface area contributed by atoms with Crippen LogP contribution in [0.2, 0.25) is 0 Å². The summed E-state index contributed by atoms with van der Waals surface area (Å²) in [6.45, 7) is 9.86. The molecule has 4 saturated carbocycles. The van der Waals surface area contributed by atoms with E-state index in [-0.39, 0.29) is 28.8 Å². The van der Waals surface area contributed by atoms with E-state index in [9.17, 15) is 81.7 Å². The van der Waals surface area contributed by atoms with E-state index in [2.05, 4.69) is 27.7 Å². The van der Waals surface area contributed by atoms with Crippen molar-refractivity contribution in [2.24, 2.45) is 52.3 Å². The Morgan fingerprint density at radius 1 is 0.413 bits per heavy atom. The normalized spacial score (nSPS) is 58.0. The number of aliphatic hydroxyl groups excluding tert-OH is 16. The summed E-state index contributed by atoms with van der Waals surface area (Å²) in [6.07, 6.45) is -42.4. The Morgan fingerprint density at radius 3 is 1.64 bits per heavy atom. The fourth-order valence-corrected chi connectivity index (χ4v) is 18.7. The third-order valence-corrected chi connectivity index (χ3v) is 24.2. The predicted octanol–water partition coefficient (Wildman–Crippen LogP) is -4.57. The fraction of sp³-hybridized carbons (Fsp3) is 1.00. The van der Waals surface area contributed by atoms with Crippen LogP contribution in [0.5, 0.6) is 0 Å². The molecule has 92 heavy (non-hydrogen) atoms. The molecular formula is C62H102O30. The molecule has 8 heterocycles.